The second-order valence-corrected chi connectivity index (χ2v) is 8.59. The van der Waals surface area contributed by atoms with E-state index in [1.165, 1.54) is 29.9 Å². The van der Waals surface area contributed by atoms with Crippen molar-refractivity contribution in [2.45, 2.75) is 13.0 Å². The lowest BCUT2D eigenvalue weighted by Gasteiger charge is -2.25. The van der Waals surface area contributed by atoms with Gasteiger partial charge in [-0.15, -0.1) is 11.3 Å². The summed E-state index contributed by atoms with van der Waals surface area (Å²) in [6.45, 7) is 0.988. The maximum atomic E-state index is 12.9. The van der Waals surface area contributed by atoms with E-state index in [1.807, 2.05) is 17.5 Å². The Balaban J connectivity index is 1.28. The molecule has 0 saturated heterocycles. The molecule has 0 bridgehead atoms. The van der Waals surface area contributed by atoms with Crippen molar-refractivity contribution < 1.29 is 9.59 Å². The minimum atomic E-state index is -0.361. The summed E-state index contributed by atoms with van der Waals surface area (Å²) in [4.78, 5) is 41.3. The molecule has 4 aromatic rings. The van der Waals surface area contributed by atoms with E-state index in [0.717, 1.165) is 21.1 Å². The predicted octanol–water partition coefficient (Wildman–Crippen LogP) is 2.84. The van der Waals surface area contributed by atoms with Crippen molar-refractivity contribution in [3.05, 3.63) is 64.1 Å². The van der Waals surface area contributed by atoms with E-state index in [-0.39, 0.29) is 17.5 Å². The number of carbonyl (C=O) groups is 2. The summed E-state index contributed by atoms with van der Waals surface area (Å²) in [6, 6.07) is 5.72. The number of rotatable bonds is 4. The molecule has 1 aliphatic heterocycles. The van der Waals surface area contributed by atoms with E-state index in [4.69, 9.17) is 0 Å². The molecular formula is C19H15N7O2S2. The predicted molar refractivity (Wildman–Crippen MR) is 112 cm³/mol. The van der Waals surface area contributed by atoms with Gasteiger partial charge in [-0.3, -0.25) is 25.0 Å². The van der Waals surface area contributed by atoms with E-state index in [0.29, 0.717) is 30.3 Å². The molecule has 0 aliphatic carbocycles. The zero-order valence-electron chi connectivity index (χ0n) is 15.5. The molecule has 2 N–H and O–H groups in total. The molecule has 4 aromatic heterocycles. The van der Waals surface area contributed by atoms with Crippen LogP contribution in [0.2, 0.25) is 0 Å². The number of carbonyl (C=O) groups excluding carboxylic acids is 2. The van der Waals surface area contributed by atoms with Crippen LogP contribution in [0.4, 0.5) is 5.13 Å². The van der Waals surface area contributed by atoms with Crippen LogP contribution in [0.25, 0.3) is 10.6 Å². The first kappa shape index (κ1) is 18.6. The van der Waals surface area contributed by atoms with Crippen molar-refractivity contribution in [3.8, 4) is 10.6 Å². The number of thiophene rings is 1. The third kappa shape index (κ3) is 3.60. The average molecular weight is 438 g/mol. The Labute approximate surface area is 178 Å². The molecule has 2 amide bonds. The van der Waals surface area contributed by atoms with Crippen LogP contribution in [0.3, 0.4) is 0 Å². The molecule has 0 unspecified atom stereocenters. The second kappa shape index (κ2) is 7.76. The van der Waals surface area contributed by atoms with Gasteiger partial charge in [0.05, 0.1) is 29.0 Å². The lowest BCUT2D eigenvalue weighted by molar-refractivity contribution is 0.0730. The van der Waals surface area contributed by atoms with E-state index < -0.39 is 0 Å². The molecule has 0 fully saturated rings. The maximum absolute atomic E-state index is 12.9. The highest BCUT2D eigenvalue weighted by Gasteiger charge is 2.27. The molecule has 1 aliphatic rings. The molecule has 0 saturated carbocycles. The Bertz CT molecular complexity index is 1200. The molecule has 0 aromatic carbocycles. The zero-order valence-corrected chi connectivity index (χ0v) is 17.2. The van der Waals surface area contributed by atoms with Crippen LogP contribution in [0.5, 0.6) is 0 Å². The number of anilines is 1. The van der Waals surface area contributed by atoms with Crippen LogP contribution < -0.4 is 5.32 Å². The van der Waals surface area contributed by atoms with Crippen molar-refractivity contribution in [1.29, 1.82) is 0 Å². The van der Waals surface area contributed by atoms with Crippen molar-refractivity contribution in [2.24, 2.45) is 0 Å². The average Bonchev–Trinajstić information content (AvgIpc) is 3.53. The number of amides is 2. The molecule has 30 heavy (non-hydrogen) atoms. The topological polar surface area (TPSA) is 117 Å². The van der Waals surface area contributed by atoms with Crippen LogP contribution in [-0.2, 0) is 13.0 Å². The summed E-state index contributed by atoms with van der Waals surface area (Å²) in [5, 5.41) is 12.4. The highest BCUT2D eigenvalue weighted by molar-refractivity contribution is 7.16. The van der Waals surface area contributed by atoms with Gasteiger partial charge in [0, 0.05) is 30.2 Å². The van der Waals surface area contributed by atoms with Crippen LogP contribution in [-0.4, -0.2) is 48.4 Å². The molecule has 150 valence electrons. The minimum absolute atomic E-state index is 0.127. The fourth-order valence-electron chi connectivity index (χ4n) is 3.15. The fourth-order valence-corrected chi connectivity index (χ4v) is 4.86. The summed E-state index contributed by atoms with van der Waals surface area (Å²) in [6.07, 6.45) is 5.00. The van der Waals surface area contributed by atoms with Crippen LogP contribution in [0.15, 0.2) is 42.2 Å². The molecule has 5 heterocycles. The molecule has 0 spiro atoms. The molecule has 11 heteroatoms. The normalized spacial score (nSPS) is 13.1. The number of fused-ring (bicyclic) bond motifs is 1. The monoisotopic (exact) mass is 437 g/mol. The molecule has 0 radical (unpaired) electrons. The van der Waals surface area contributed by atoms with Crippen molar-refractivity contribution in [3.63, 3.8) is 0 Å². The summed E-state index contributed by atoms with van der Waals surface area (Å²) in [5.41, 5.74) is 2.35. The largest absolute Gasteiger partial charge is 0.332 e. The first-order valence-electron chi connectivity index (χ1n) is 9.12. The van der Waals surface area contributed by atoms with Gasteiger partial charge >= 0.3 is 0 Å². The smallest absolute Gasteiger partial charge is 0.277 e. The number of nitrogens with zero attached hydrogens (tertiary/aromatic N) is 5. The van der Waals surface area contributed by atoms with Crippen molar-refractivity contribution >= 4 is 39.6 Å². The SMILES string of the molecule is O=C(Nc1nc2c(s1)CN(C(=O)c1cc(-c3cccs3)[nH]n1)CC2)c1cnccn1. The molecule has 9 nitrogen and oxygen atoms in total. The molecular weight excluding hydrogens is 422 g/mol. The Morgan fingerprint density at radius 1 is 1.23 bits per heavy atom. The maximum Gasteiger partial charge on any atom is 0.277 e. The second-order valence-electron chi connectivity index (χ2n) is 6.55. The summed E-state index contributed by atoms with van der Waals surface area (Å²) < 4.78 is 0. The van der Waals surface area contributed by atoms with Crippen molar-refractivity contribution in [2.75, 3.05) is 11.9 Å². The number of nitrogens with one attached hydrogen (secondary N) is 2. The van der Waals surface area contributed by atoms with Gasteiger partial charge in [-0.25, -0.2) is 9.97 Å². The van der Waals surface area contributed by atoms with Gasteiger partial charge in [0.2, 0.25) is 0 Å². The lowest BCUT2D eigenvalue weighted by atomic mass is 10.1. The number of hydrogen-bond donors (Lipinski definition) is 2. The highest BCUT2D eigenvalue weighted by Crippen LogP contribution is 2.30. The van der Waals surface area contributed by atoms with Gasteiger partial charge in [0.15, 0.2) is 10.8 Å². The van der Waals surface area contributed by atoms with Gasteiger partial charge in [-0.05, 0) is 17.5 Å². The first-order valence-corrected chi connectivity index (χ1v) is 10.8. The van der Waals surface area contributed by atoms with E-state index in [1.54, 1.807) is 22.3 Å². The Kier molecular flexibility index (Phi) is 4.81. The fraction of sp³-hybridized carbons (Fsp3) is 0.158. The number of hydrogen-bond acceptors (Lipinski definition) is 8. The lowest BCUT2D eigenvalue weighted by Crippen LogP contribution is -2.35. The molecule has 0 atom stereocenters. The third-order valence-corrected chi connectivity index (χ3v) is 6.52. The van der Waals surface area contributed by atoms with Crippen LogP contribution >= 0.6 is 22.7 Å². The Hall–Kier alpha value is -3.44. The molecule has 5 rings (SSSR count). The standard InChI is InChI=1S/C19H15N7O2S2/c27-17(14-9-20-4-5-21-14)23-19-22-11-3-6-26(10-16(11)30-19)18(28)13-8-12(24-25-13)15-2-1-7-29-15/h1-2,4-5,7-9H,3,6,10H2,(H,24,25)(H,22,23,27). The van der Waals surface area contributed by atoms with Crippen molar-refractivity contribution in [1.82, 2.24) is 30.0 Å². The third-order valence-electron chi connectivity index (χ3n) is 4.62. The number of H-pyrrole nitrogens is 1. The van der Waals surface area contributed by atoms with E-state index in [9.17, 15) is 9.59 Å². The van der Waals surface area contributed by atoms with E-state index >= 15 is 0 Å². The van der Waals surface area contributed by atoms with Crippen LogP contribution in [0.1, 0.15) is 31.5 Å². The van der Waals surface area contributed by atoms with Gasteiger partial charge in [-0.1, -0.05) is 17.4 Å². The van der Waals surface area contributed by atoms with Gasteiger partial charge in [0.1, 0.15) is 5.69 Å². The van der Waals surface area contributed by atoms with Gasteiger partial charge < -0.3 is 4.90 Å². The summed E-state index contributed by atoms with van der Waals surface area (Å²) >= 11 is 2.95. The Morgan fingerprint density at radius 3 is 2.97 bits per heavy atom. The summed E-state index contributed by atoms with van der Waals surface area (Å²) in [7, 11) is 0. The number of aromatic nitrogens is 5. The Morgan fingerprint density at radius 2 is 2.17 bits per heavy atom. The number of aromatic amines is 1. The van der Waals surface area contributed by atoms with Gasteiger partial charge in [0.25, 0.3) is 11.8 Å². The highest BCUT2D eigenvalue weighted by atomic mass is 32.1. The first-order chi connectivity index (χ1) is 14.7. The zero-order chi connectivity index (χ0) is 20.5. The minimum Gasteiger partial charge on any atom is -0.332 e. The van der Waals surface area contributed by atoms with Gasteiger partial charge in [-0.2, -0.15) is 5.10 Å². The quantitative estimate of drug-likeness (QED) is 0.507. The van der Waals surface area contributed by atoms with Crippen LogP contribution in [0, 0.1) is 0 Å². The van der Waals surface area contributed by atoms with E-state index in [2.05, 4.69) is 30.5 Å². The summed E-state index contributed by atoms with van der Waals surface area (Å²) in [5.74, 6) is -0.488. The number of thiazole rings is 1.